The van der Waals surface area contributed by atoms with Crippen molar-refractivity contribution in [2.45, 2.75) is 32.0 Å². The fourth-order valence-electron chi connectivity index (χ4n) is 2.32. The van der Waals surface area contributed by atoms with Crippen molar-refractivity contribution in [3.63, 3.8) is 0 Å². The van der Waals surface area contributed by atoms with Gasteiger partial charge in [-0.3, -0.25) is 4.79 Å². The molecule has 0 aliphatic carbocycles. The molecule has 2 atom stereocenters. The van der Waals surface area contributed by atoms with Crippen molar-refractivity contribution in [3.8, 4) is 0 Å². The molecule has 2 unspecified atom stereocenters. The van der Waals surface area contributed by atoms with Crippen LogP contribution < -0.4 is 10.6 Å². The first-order valence-electron chi connectivity index (χ1n) is 8.35. The Morgan fingerprint density at radius 2 is 1.54 bits per heavy atom. The number of carbonyl (C=O) groups excluding carboxylic acids is 3. The molecule has 0 fully saturated rings. The lowest BCUT2D eigenvalue weighted by molar-refractivity contribution is -0.125. The molecule has 2 rings (SSSR count). The minimum absolute atomic E-state index is 0.117. The van der Waals surface area contributed by atoms with Crippen LogP contribution in [0.5, 0.6) is 0 Å². The van der Waals surface area contributed by atoms with Gasteiger partial charge in [-0.15, -0.1) is 0 Å². The van der Waals surface area contributed by atoms with Gasteiger partial charge in [0.2, 0.25) is 5.91 Å². The van der Waals surface area contributed by atoms with Crippen molar-refractivity contribution in [1.29, 1.82) is 0 Å². The van der Waals surface area contributed by atoms with Gasteiger partial charge in [-0.2, -0.15) is 0 Å². The van der Waals surface area contributed by atoms with Crippen molar-refractivity contribution in [3.05, 3.63) is 71.8 Å². The van der Waals surface area contributed by atoms with Gasteiger partial charge in [-0.05, 0) is 24.5 Å². The SMILES string of the molecule is CC(NC(=O)OCc1ccccc1)C(=O)NC(C=O)Cc1ccccc1. The van der Waals surface area contributed by atoms with Crippen LogP contribution in [0.15, 0.2) is 60.7 Å². The van der Waals surface area contributed by atoms with E-state index < -0.39 is 24.1 Å². The molecule has 0 bridgehead atoms. The average Bonchev–Trinajstić information content (AvgIpc) is 2.67. The van der Waals surface area contributed by atoms with Crippen LogP contribution >= 0.6 is 0 Å². The summed E-state index contributed by atoms with van der Waals surface area (Å²) < 4.78 is 5.08. The van der Waals surface area contributed by atoms with E-state index in [9.17, 15) is 14.4 Å². The highest BCUT2D eigenvalue weighted by Gasteiger charge is 2.20. The van der Waals surface area contributed by atoms with E-state index in [2.05, 4.69) is 10.6 Å². The molecule has 0 saturated heterocycles. The number of nitrogens with one attached hydrogen (secondary N) is 2. The van der Waals surface area contributed by atoms with Gasteiger partial charge in [-0.1, -0.05) is 60.7 Å². The van der Waals surface area contributed by atoms with Crippen molar-refractivity contribution >= 4 is 18.3 Å². The lowest BCUT2D eigenvalue weighted by Gasteiger charge is -2.18. The number of hydrogen-bond donors (Lipinski definition) is 2. The van der Waals surface area contributed by atoms with Crippen LogP contribution in [0.4, 0.5) is 4.79 Å². The molecule has 2 N–H and O–H groups in total. The van der Waals surface area contributed by atoms with E-state index in [4.69, 9.17) is 4.74 Å². The van der Waals surface area contributed by atoms with Crippen molar-refractivity contribution < 1.29 is 19.1 Å². The van der Waals surface area contributed by atoms with E-state index in [1.807, 2.05) is 60.7 Å². The molecule has 2 aromatic rings. The lowest BCUT2D eigenvalue weighted by Crippen LogP contribution is -2.49. The van der Waals surface area contributed by atoms with Gasteiger partial charge in [-0.25, -0.2) is 4.79 Å². The average molecular weight is 354 g/mol. The standard InChI is InChI=1S/C20H22N2O4/c1-15(21-20(25)26-14-17-10-6-3-7-11-17)19(24)22-18(13-23)12-16-8-4-2-5-9-16/h2-11,13,15,18H,12,14H2,1H3,(H,21,25)(H,22,24). The van der Waals surface area contributed by atoms with Crippen LogP contribution in [0, 0.1) is 0 Å². The predicted molar refractivity (Wildman–Crippen MR) is 97.4 cm³/mol. The summed E-state index contributed by atoms with van der Waals surface area (Å²) in [6, 6.07) is 17.1. The first kappa shape index (κ1) is 19.2. The Kier molecular flexibility index (Phi) is 7.36. The highest BCUT2D eigenvalue weighted by molar-refractivity contribution is 5.87. The monoisotopic (exact) mass is 354 g/mol. The van der Waals surface area contributed by atoms with Crippen LogP contribution in [0.25, 0.3) is 0 Å². The molecule has 0 aromatic heterocycles. The van der Waals surface area contributed by atoms with Crippen LogP contribution in [-0.4, -0.2) is 30.4 Å². The molecule has 0 aliphatic rings. The number of amides is 2. The van der Waals surface area contributed by atoms with E-state index in [1.54, 1.807) is 0 Å². The summed E-state index contributed by atoms with van der Waals surface area (Å²) in [5.74, 6) is -0.449. The second kappa shape index (κ2) is 9.98. The zero-order valence-corrected chi connectivity index (χ0v) is 14.6. The molecule has 2 aromatic carbocycles. The Hall–Kier alpha value is -3.15. The van der Waals surface area contributed by atoms with E-state index in [0.717, 1.165) is 11.1 Å². The maximum Gasteiger partial charge on any atom is 0.408 e. The van der Waals surface area contributed by atoms with Crippen molar-refractivity contribution in [2.75, 3.05) is 0 Å². The highest BCUT2D eigenvalue weighted by atomic mass is 16.5. The molecule has 0 saturated carbocycles. The zero-order chi connectivity index (χ0) is 18.8. The van der Waals surface area contributed by atoms with Crippen LogP contribution in [0.3, 0.4) is 0 Å². The molecule has 0 spiro atoms. The largest absolute Gasteiger partial charge is 0.445 e. The van der Waals surface area contributed by atoms with E-state index in [0.29, 0.717) is 12.7 Å². The molecule has 0 radical (unpaired) electrons. The van der Waals surface area contributed by atoms with Crippen molar-refractivity contribution in [1.82, 2.24) is 10.6 Å². The number of ether oxygens (including phenoxy) is 1. The minimum Gasteiger partial charge on any atom is -0.445 e. The maximum absolute atomic E-state index is 12.2. The van der Waals surface area contributed by atoms with Gasteiger partial charge < -0.3 is 20.2 Å². The van der Waals surface area contributed by atoms with Crippen LogP contribution in [0.1, 0.15) is 18.1 Å². The Morgan fingerprint density at radius 1 is 0.962 bits per heavy atom. The smallest absolute Gasteiger partial charge is 0.408 e. The molecule has 136 valence electrons. The number of carbonyl (C=O) groups is 3. The first-order valence-corrected chi connectivity index (χ1v) is 8.35. The fraction of sp³-hybridized carbons (Fsp3) is 0.250. The van der Waals surface area contributed by atoms with Crippen molar-refractivity contribution in [2.24, 2.45) is 0 Å². The van der Waals surface area contributed by atoms with Crippen LogP contribution in [0.2, 0.25) is 0 Å². The summed E-state index contributed by atoms with van der Waals surface area (Å²) in [6.07, 6.45) is 0.384. The summed E-state index contributed by atoms with van der Waals surface area (Å²) in [7, 11) is 0. The highest BCUT2D eigenvalue weighted by Crippen LogP contribution is 2.03. The summed E-state index contributed by atoms with van der Waals surface area (Å²) in [5, 5.41) is 5.07. The topological polar surface area (TPSA) is 84.5 Å². The summed E-state index contributed by atoms with van der Waals surface area (Å²) in [5.41, 5.74) is 1.79. The third-order valence-electron chi connectivity index (χ3n) is 3.73. The predicted octanol–water partition coefficient (Wildman–Crippen LogP) is 2.23. The number of benzene rings is 2. The van der Waals surface area contributed by atoms with Gasteiger partial charge >= 0.3 is 6.09 Å². The molecule has 0 heterocycles. The zero-order valence-electron chi connectivity index (χ0n) is 14.6. The second-order valence-corrected chi connectivity index (χ2v) is 5.87. The minimum atomic E-state index is -0.823. The van der Waals surface area contributed by atoms with E-state index in [-0.39, 0.29) is 6.61 Å². The third kappa shape index (κ3) is 6.39. The van der Waals surface area contributed by atoms with Gasteiger partial charge in [0.25, 0.3) is 0 Å². The van der Waals surface area contributed by atoms with Gasteiger partial charge in [0.15, 0.2) is 0 Å². The summed E-state index contributed by atoms with van der Waals surface area (Å²) in [6.45, 7) is 1.65. The molecule has 6 nitrogen and oxygen atoms in total. The first-order chi connectivity index (χ1) is 12.6. The maximum atomic E-state index is 12.2. The van der Waals surface area contributed by atoms with Gasteiger partial charge in [0.1, 0.15) is 18.9 Å². The summed E-state index contributed by atoms with van der Waals surface area (Å²) in [4.78, 5) is 35.2. The Morgan fingerprint density at radius 3 is 2.12 bits per heavy atom. The Labute approximate surface area is 152 Å². The van der Waals surface area contributed by atoms with E-state index in [1.165, 1.54) is 6.92 Å². The molecule has 2 amide bonds. The molecular formula is C20H22N2O4. The van der Waals surface area contributed by atoms with E-state index >= 15 is 0 Å². The van der Waals surface area contributed by atoms with Crippen LogP contribution in [-0.2, 0) is 27.4 Å². The Balaban J connectivity index is 1.78. The quantitative estimate of drug-likeness (QED) is 0.712. The molecular weight excluding hydrogens is 332 g/mol. The number of aldehydes is 1. The summed E-state index contributed by atoms with van der Waals surface area (Å²) >= 11 is 0. The number of rotatable bonds is 8. The molecule has 0 aliphatic heterocycles. The second-order valence-electron chi connectivity index (χ2n) is 5.87. The fourth-order valence-corrected chi connectivity index (χ4v) is 2.32. The normalized spacial score (nSPS) is 12.5. The number of hydrogen-bond acceptors (Lipinski definition) is 4. The number of alkyl carbamates (subject to hydrolysis) is 1. The molecule has 26 heavy (non-hydrogen) atoms. The molecule has 6 heteroatoms. The third-order valence-corrected chi connectivity index (χ3v) is 3.73. The van der Waals surface area contributed by atoms with Gasteiger partial charge in [0, 0.05) is 0 Å². The van der Waals surface area contributed by atoms with Gasteiger partial charge in [0.05, 0.1) is 6.04 Å². The Bertz CT molecular complexity index is 719. The lowest BCUT2D eigenvalue weighted by atomic mass is 10.1.